The van der Waals surface area contributed by atoms with Crippen molar-refractivity contribution in [3.63, 3.8) is 0 Å². The molecule has 0 heterocycles. The number of nitrogens with zero attached hydrogens (tertiary/aromatic N) is 1. The third-order valence-corrected chi connectivity index (χ3v) is 3.09. The zero-order valence-electron chi connectivity index (χ0n) is 9.65. The van der Waals surface area contributed by atoms with E-state index in [1.54, 1.807) is 0 Å². The molecule has 1 aliphatic carbocycles. The molecular formula is C11H22N2O2. The van der Waals surface area contributed by atoms with Crippen LogP contribution in [0.2, 0.25) is 0 Å². The van der Waals surface area contributed by atoms with Crippen molar-refractivity contribution in [2.45, 2.75) is 45.6 Å². The molecule has 0 aromatic carbocycles. The molecule has 1 aliphatic rings. The summed E-state index contributed by atoms with van der Waals surface area (Å²) < 4.78 is 5.77. The maximum atomic E-state index is 8.49. The van der Waals surface area contributed by atoms with Gasteiger partial charge in [0.1, 0.15) is 5.84 Å². The molecule has 0 aliphatic heterocycles. The Morgan fingerprint density at radius 1 is 1.60 bits per heavy atom. The van der Waals surface area contributed by atoms with Crippen LogP contribution in [0.4, 0.5) is 0 Å². The van der Waals surface area contributed by atoms with Gasteiger partial charge in [0.15, 0.2) is 0 Å². The van der Waals surface area contributed by atoms with Crippen molar-refractivity contribution in [3.05, 3.63) is 0 Å². The Labute approximate surface area is 91.5 Å². The van der Waals surface area contributed by atoms with E-state index >= 15 is 0 Å². The third kappa shape index (κ3) is 4.08. The Bertz CT molecular complexity index is 219. The summed E-state index contributed by atoms with van der Waals surface area (Å²) in [5.74, 6) is 1.01. The monoisotopic (exact) mass is 214 g/mol. The molecule has 88 valence electrons. The molecule has 0 amide bonds. The van der Waals surface area contributed by atoms with Crippen LogP contribution < -0.4 is 5.73 Å². The number of hydrogen-bond donors (Lipinski definition) is 2. The smallest absolute Gasteiger partial charge is 0.144 e. The lowest BCUT2D eigenvalue weighted by molar-refractivity contribution is 0.00782. The first-order valence-electron chi connectivity index (χ1n) is 5.72. The lowest BCUT2D eigenvalue weighted by Crippen LogP contribution is -2.29. The van der Waals surface area contributed by atoms with E-state index in [2.05, 4.69) is 12.1 Å². The molecule has 0 aromatic heterocycles. The Morgan fingerprint density at radius 2 is 2.33 bits per heavy atom. The Hall–Kier alpha value is -0.770. The number of hydrogen-bond acceptors (Lipinski definition) is 3. The minimum Gasteiger partial charge on any atom is -0.409 e. The van der Waals surface area contributed by atoms with Gasteiger partial charge in [-0.15, -0.1) is 0 Å². The quantitative estimate of drug-likeness (QED) is 0.325. The number of amidine groups is 1. The summed E-state index contributed by atoms with van der Waals surface area (Å²) in [6.07, 6.45) is 5.22. The zero-order valence-corrected chi connectivity index (χ0v) is 9.65. The van der Waals surface area contributed by atoms with Crippen LogP contribution in [0.3, 0.4) is 0 Å². The fourth-order valence-corrected chi connectivity index (χ4v) is 1.99. The van der Waals surface area contributed by atoms with Gasteiger partial charge in [-0.1, -0.05) is 31.8 Å². The van der Waals surface area contributed by atoms with Gasteiger partial charge in [0.25, 0.3) is 0 Å². The van der Waals surface area contributed by atoms with Crippen molar-refractivity contribution in [1.82, 2.24) is 0 Å². The van der Waals surface area contributed by atoms with Crippen molar-refractivity contribution < 1.29 is 9.94 Å². The lowest BCUT2D eigenvalue weighted by atomic mass is 9.89. The predicted octanol–water partition coefficient (Wildman–Crippen LogP) is 1.96. The van der Waals surface area contributed by atoms with Crippen molar-refractivity contribution in [2.75, 3.05) is 6.61 Å². The molecule has 4 heteroatoms. The predicted molar refractivity (Wildman–Crippen MR) is 59.9 cm³/mol. The topological polar surface area (TPSA) is 67.8 Å². The van der Waals surface area contributed by atoms with Crippen LogP contribution in [-0.2, 0) is 4.74 Å². The van der Waals surface area contributed by atoms with E-state index in [0.717, 1.165) is 18.8 Å². The highest BCUT2D eigenvalue weighted by atomic mass is 16.5. The first kappa shape index (κ1) is 12.3. The molecule has 0 saturated heterocycles. The van der Waals surface area contributed by atoms with Crippen molar-refractivity contribution in [1.29, 1.82) is 0 Å². The largest absolute Gasteiger partial charge is 0.409 e. The fourth-order valence-electron chi connectivity index (χ4n) is 1.99. The summed E-state index contributed by atoms with van der Waals surface area (Å²) in [5.41, 5.74) is 5.48. The van der Waals surface area contributed by atoms with E-state index in [-0.39, 0.29) is 11.8 Å². The lowest BCUT2D eigenvalue weighted by Gasteiger charge is -2.27. The Kier molecular flexibility index (Phi) is 4.88. The second-order valence-electron chi connectivity index (χ2n) is 4.65. The van der Waals surface area contributed by atoms with Gasteiger partial charge >= 0.3 is 0 Å². The normalized spacial score (nSPS) is 30.1. The molecule has 0 aromatic rings. The first-order valence-corrected chi connectivity index (χ1v) is 5.72. The molecule has 1 rings (SSSR count). The van der Waals surface area contributed by atoms with E-state index < -0.39 is 0 Å². The Morgan fingerprint density at radius 3 is 2.93 bits per heavy atom. The molecule has 4 nitrogen and oxygen atoms in total. The molecule has 0 radical (unpaired) electrons. The van der Waals surface area contributed by atoms with E-state index in [9.17, 15) is 0 Å². The standard InChI is InChI=1S/C11H22N2O2/c1-8-4-3-5-10(6-8)15-7-9(2)11(12)13-14/h8-10,14H,3-7H2,1-2H3,(H2,12,13). The van der Waals surface area contributed by atoms with Crippen LogP contribution >= 0.6 is 0 Å². The van der Waals surface area contributed by atoms with Crippen molar-refractivity contribution in [2.24, 2.45) is 22.7 Å². The SMILES string of the molecule is CC1CCCC(OCC(C)/C(N)=N/O)C1. The van der Waals surface area contributed by atoms with Crippen LogP contribution in [0.15, 0.2) is 5.16 Å². The molecule has 0 bridgehead atoms. The van der Waals surface area contributed by atoms with Crippen LogP contribution in [0.5, 0.6) is 0 Å². The molecule has 0 spiro atoms. The molecule has 3 unspecified atom stereocenters. The van der Waals surface area contributed by atoms with E-state index in [1.165, 1.54) is 12.8 Å². The average molecular weight is 214 g/mol. The third-order valence-electron chi connectivity index (χ3n) is 3.09. The molecule has 1 saturated carbocycles. The molecular weight excluding hydrogens is 192 g/mol. The van der Waals surface area contributed by atoms with Gasteiger partial charge in [0.05, 0.1) is 12.7 Å². The maximum absolute atomic E-state index is 8.49. The first-order chi connectivity index (χ1) is 7.13. The molecule has 3 atom stereocenters. The minimum atomic E-state index is -0.00719. The molecule has 1 fully saturated rings. The molecule has 15 heavy (non-hydrogen) atoms. The zero-order chi connectivity index (χ0) is 11.3. The van der Waals surface area contributed by atoms with Gasteiger partial charge in [0.2, 0.25) is 0 Å². The van der Waals surface area contributed by atoms with E-state index in [1.807, 2.05) is 6.92 Å². The summed E-state index contributed by atoms with van der Waals surface area (Å²) in [5, 5.41) is 11.5. The maximum Gasteiger partial charge on any atom is 0.144 e. The van der Waals surface area contributed by atoms with Crippen LogP contribution in [0, 0.1) is 11.8 Å². The summed E-state index contributed by atoms with van der Waals surface area (Å²) in [6, 6.07) is 0. The van der Waals surface area contributed by atoms with Crippen LogP contribution in [-0.4, -0.2) is 23.8 Å². The van der Waals surface area contributed by atoms with E-state index in [0.29, 0.717) is 12.7 Å². The fraction of sp³-hybridized carbons (Fsp3) is 0.909. The second kappa shape index (κ2) is 5.95. The van der Waals surface area contributed by atoms with Gasteiger partial charge in [-0.05, 0) is 18.8 Å². The van der Waals surface area contributed by atoms with Crippen LogP contribution in [0.25, 0.3) is 0 Å². The van der Waals surface area contributed by atoms with E-state index in [4.69, 9.17) is 15.7 Å². The summed E-state index contributed by atoms with van der Waals surface area (Å²) in [7, 11) is 0. The van der Waals surface area contributed by atoms with Gasteiger partial charge < -0.3 is 15.7 Å². The van der Waals surface area contributed by atoms with Crippen molar-refractivity contribution >= 4 is 5.84 Å². The molecule has 3 N–H and O–H groups in total. The minimum absolute atomic E-state index is 0.00719. The Balaban J connectivity index is 2.24. The van der Waals surface area contributed by atoms with Crippen LogP contribution in [0.1, 0.15) is 39.5 Å². The highest BCUT2D eigenvalue weighted by molar-refractivity contribution is 5.81. The van der Waals surface area contributed by atoms with Crippen molar-refractivity contribution in [3.8, 4) is 0 Å². The average Bonchev–Trinajstić information content (AvgIpc) is 2.25. The number of oxime groups is 1. The van der Waals surface area contributed by atoms with Gasteiger partial charge in [-0.2, -0.15) is 0 Å². The van der Waals surface area contributed by atoms with Gasteiger partial charge in [-0.3, -0.25) is 0 Å². The number of ether oxygens (including phenoxy) is 1. The summed E-state index contributed by atoms with van der Waals surface area (Å²) in [6.45, 7) is 4.72. The summed E-state index contributed by atoms with van der Waals surface area (Å²) in [4.78, 5) is 0. The second-order valence-corrected chi connectivity index (χ2v) is 4.65. The highest BCUT2D eigenvalue weighted by Gasteiger charge is 2.20. The van der Waals surface area contributed by atoms with Gasteiger partial charge in [-0.25, -0.2) is 0 Å². The highest BCUT2D eigenvalue weighted by Crippen LogP contribution is 2.25. The summed E-state index contributed by atoms with van der Waals surface area (Å²) >= 11 is 0. The number of rotatable bonds is 4. The van der Waals surface area contributed by atoms with Gasteiger partial charge in [0, 0.05) is 5.92 Å². The number of nitrogens with two attached hydrogens (primary N) is 1.